The van der Waals surface area contributed by atoms with Gasteiger partial charge in [0, 0.05) is 25.8 Å². The number of likely N-dealkylation sites (tertiary alicyclic amines) is 1. The van der Waals surface area contributed by atoms with E-state index in [1.807, 2.05) is 13.2 Å². The molecule has 1 aliphatic heterocycles. The third-order valence-corrected chi connectivity index (χ3v) is 3.77. The summed E-state index contributed by atoms with van der Waals surface area (Å²) in [5, 5.41) is 7.75. The van der Waals surface area contributed by atoms with Gasteiger partial charge in [-0.3, -0.25) is 4.68 Å². The van der Waals surface area contributed by atoms with E-state index < -0.39 is 0 Å². The summed E-state index contributed by atoms with van der Waals surface area (Å²) < 4.78 is 2.16. The SMILES string of the molecule is CCN1CCC(n2cc(C(C)CNC)cn2)C1. The van der Waals surface area contributed by atoms with E-state index in [4.69, 9.17) is 0 Å². The third kappa shape index (κ3) is 2.87. The zero-order chi connectivity index (χ0) is 12.3. The van der Waals surface area contributed by atoms with Crippen LogP contribution in [0.2, 0.25) is 0 Å². The van der Waals surface area contributed by atoms with Crippen LogP contribution >= 0.6 is 0 Å². The molecule has 1 fully saturated rings. The molecule has 1 aromatic rings. The van der Waals surface area contributed by atoms with Crippen LogP contribution in [0, 0.1) is 0 Å². The predicted molar refractivity (Wildman–Crippen MR) is 70.3 cm³/mol. The first-order chi connectivity index (χ1) is 8.24. The molecule has 0 aliphatic carbocycles. The average Bonchev–Trinajstić information content (AvgIpc) is 2.98. The molecule has 0 bridgehead atoms. The van der Waals surface area contributed by atoms with Crippen molar-refractivity contribution in [1.82, 2.24) is 20.0 Å². The second-order valence-electron chi connectivity index (χ2n) is 5.05. The van der Waals surface area contributed by atoms with Crippen molar-refractivity contribution in [2.45, 2.75) is 32.2 Å². The largest absolute Gasteiger partial charge is 0.319 e. The maximum atomic E-state index is 4.53. The normalized spacial score (nSPS) is 23.1. The van der Waals surface area contributed by atoms with Crippen LogP contribution in [0.25, 0.3) is 0 Å². The number of likely N-dealkylation sites (N-methyl/N-ethyl adjacent to an activating group) is 2. The van der Waals surface area contributed by atoms with E-state index in [0.717, 1.165) is 19.6 Å². The van der Waals surface area contributed by atoms with Crippen molar-refractivity contribution >= 4 is 0 Å². The molecule has 17 heavy (non-hydrogen) atoms. The molecule has 2 rings (SSSR count). The summed E-state index contributed by atoms with van der Waals surface area (Å²) in [4.78, 5) is 2.49. The Morgan fingerprint density at radius 2 is 2.41 bits per heavy atom. The van der Waals surface area contributed by atoms with Crippen molar-refractivity contribution in [3.63, 3.8) is 0 Å². The molecular weight excluding hydrogens is 212 g/mol. The van der Waals surface area contributed by atoms with Crippen molar-refractivity contribution in [3.8, 4) is 0 Å². The Kier molecular flexibility index (Phi) is 4.18. The van der Waals surface area contributed by atoms with Crippen LogP contribution < -0.4 is 5.32 Å². The molecule has 4 nitrogen and oxygen atoms in total. The Bertz CT molecular complexity index is 347. The molecule has 0 aromatic carbocycles. The van der Waals surface area contributed by atoms with Crippen molar-refractivity contribution in [2.24, 2.45) is 0 Å². The highest BCUT2D eigenvalue weighted by Crippen LogP contribution is 2.22. The fraction of sp³-hybridized carbons (Fsp3) is 0.769. The first-order valence-corrected chi connectivity index (χ1v) is 6.65. The van der Waals surface area contributed by atoms with Crippen LogP contribution in [0.15, 0.2) is 12.4 Å². The summed E-state index contributed by atoms with van der Waals surface area (Å²) in [6.07, 6.45) is 5.48. The fourth-order valence-electron chi connectivity index (χ4n) is 2.55. The standard InChI is InChI=1S/C13H24N4/c1-4-16-6-5-13(10-16)17-9-12(8-15-17)11(2)7-14-3/h8-9,11,13-14H,4-7,10H2,1-3H3. The lowest BCUT2D eigenvalue weighted by molar-refractivity contribution is 0.335. The van der Waals surface area contributed by atoms with Crippen LogP contribution in [0.1, 0.15) is 37.8 Å². The monoisotopic (exact) mass is 236 g/mol. The zero-order valence-electron chi connectivity index (χ0n) is 11.2. The van der Waals surface area contributed by atoms with Crippen molar-refractivity contribution in [1.29, 1.82) is 0 Å². The Labute approximate surface area is 104 Å². The summed E-state index contributed by atoms with van der Waals surface area (Å²) in [6, 6.07) is 0.575. The highest BCUT2D eigenvalue weighted by molar-refractivity contribution is 5.11. The van der Waals surface area contributed by atoms with Gasteiger partial charge in [-0.1, -0.05) is 13.8 Å². The van der Waals surface area contributed by atoms with Crippen LogP contribution in [0.4, 0.5) is 0 Å². The molecule has 1 N–H and O–H groups in total. The summed E-state index contributed by atoms with van der Waals surface area (Å²) in [7, 11) is 2.00. The van der Waals surface area contributed by atoms with Gasteiger partial charge in [0.15, 0.2) is 0 Å². The van der Waals surface area contributed by atoms with Gasteiger partial charge in [0.25, 0.3) is 0 Å². The lowest BCUT2D eigenvalue weighted by Crippen LogP contribution is -2.21. The Balaban J connectivity index is 1.98. The minimum absolute atomic E-state index is 0.539. The number of aromatic nitrogens is 2. The topological polar surface area (TPSA) is 33.1 Å². The molecule has 4 heteroatoms. The molecular formula is C13H24N4. The molecule has 2 atom stereocenters. The molecule has 1 saturated heterocycles. The second kappa shape index (κ2) is 5.65. The smallest absolute Gasteiger partial charge is 0.0658 e. The van der Waals surface area contributed by atoms with Gasteiger partial charge in [-0.25, -0.2) is 0 Å². The van der Waals surface area contributed by atoms with E-state index in [9.17, 15) is 0 Å². The number of hydrogen-bond donors (Lipinski definition) is 1. The van der Waals surface area contributed by atoms with Gasteiger partial charge in [-0.05, 0) is 31.5 Å². The molecule has 0 radical (unpaired) electrons. The number of nitrogens with one attached hydrogen (secondary N) is 1. The van der Waals surface area contributed by atoms with E-state index in [0.29, 0.717) is 12.0 Å². The van der Waals surface area contributed by atoms with Crippen molar-refractivity contribution in [3.05, 3.63) is 18.0 Å². The van der Waals surface area contributed by atoms with E-state index in [-0.39, 0.29) is 0 Å². The van der Waals surface area contributed by atoms with Crippen LogP contribution in [-0.2, 0) is 0 Å². The van der Waals surface area contributed by atoms with Gasteiger partial charge < -0.3 is 10.2 Å². The van der Waals surface area contributed by atoms with E-state index in [1.54, 1.807) is 0 Å². The minimum Gasteiger partial charge on any atom is -0.319 e. The van der Waals surface area contributed by atoms with Gasteiger partial charge in [0.2, 0.25) is 0 Å². The van der Waals surface area contributed by atoms with Gasteiger partial charge in [-0.2, -0.15) is 5.10 Å². The lowest BCUT2D eigenvalue weighted by Gasteiger charge is -2.13. The molecule has 96 valence electrons. The van der Waals surface area contributed by atoms with E-state index in [1.165, 1.54) is 18.5 Å². The predicted octanol–water partition coefficient (Wildman–Crippen LogP) is 1.47. The summed E-state index contributed by atoms with van der Waals surface area (Å²) in [5.74, 6) is 0.539. The molecule has 0 spiro atoms. The number of rotatable bonds is 5. The minimum atomic E-state index is 0.539. The first-order valence-electron chi connectivity index (χ1n) is 6.65. The first kappa shape index (κ1) is 12.6. The highest BCUT2D eigenvalue weighted by Gasteiger charge is 2.23. The fourth-order valence-corrected chi connectivity index (χ4v) is 2.55. The van der Waals surface area contributed by atoms with Crippen LogP contribution in [0.5, 0.6) is 0 Å². The van der Waals surface area contributed by atoms with E-state index in [2.05, 4.69) is 40.0 Å². The zero-order valence-corrected chi connectivity index (χ0v) is 11.2. The van der Waals surface area contributed by atoms with Gasteiger partial charge >= 0.3 is 0 Å². The quantitative estimate of drug-likeness (QED) is 0.840. The molecule has 0 saturated carbocycles. The molecule has 2 unspecified atom stereocenters. The average molecular weight is 236 g/mol. The summed E-state index contributed by atoms with van der Waals surface area (Å²) in [5.41, 5.74) is 1.34. The Morgan fingerprint density at radius 1 is 1.59 bits per heavy atom. The number of hydrogen-bond acceptors (Lipinski definition) is 3. The molecule has 1 aliphatic rings. The summed E-state index contributed by atoms with van der Waals surface area (Å²) >= 11 is 0. The van der Waals surface area contributed by atoms with Crippen LogP contribution in [-0.4, -0.2) is 47.9 Å². The third-order valence-electron chi connectivity index (χ3n) is 3.77. The van der Waals surface area contributed by atoms with Gasteiger partial charge in [0.1, 0.15) is 0 Å². The molecule has 0 amide bonds. The van der Waals surface area contributed by atoms with Crippen molar-refractivity contribution < 1.29 is 0 Å². The molecule has 1 aromatic heterocycles. The maximum absolute atomic E-state index is 4.53. The van der Waals surface area contributed by atoms with Gasteiger partial charge in [-0.15, -0.1) is 0 Å². The Morgan fingerprint density at radius 3 is 3.06 bits per heavy atom. The highest BCUT2D eigenvalue weighted by atomic mass is 15.3. The second-order valence-corrected chi connectivity index (χ2v) is 5.05. The van der Waals surface area contributed by atoms with E-state index >= 15 is 0 Å². The number of nitrogens with zero attached hydrogens (tertiary/aromatic N) is 3. The van der Waals surface area contributed by atoms with Gasteiger partial charge in [0.05, 0.1) is 12.2 Å². The Hall–Kier alpha value is -0.870. The lowest BCUT2D eigenvalue weighted by atomic mass is 10.1. The summed E-state index contributed by atoms with van der Waals surface area (Å²) in [6.45, 7) is 9.00. The van der Waals surface area contributed by atoms with Crippen molar-refractivity contribution in [2.75, 3.05) is 33.2 Å². The molecule has 2 heterocycles. The maximum Gasteiger partial charge on any atom is 0.0658 e. The van der Waals surface area contributed by atoms with Crippen LogP contribution in [0.3, 0.4) is 0 Å².